The Morgan fingerprint density at radius 2 is 2.05 bits per heavy atom. The number of aliphatic hydroxyl groups is 2. The molecule has 2 N–H and O–H groups in total. The van der Waals surface area contributed by atoms with Gasteiger partial charge in [-0.1, -0.05) is 44.4 Å². The Kier molecular flexibility index (Phi) is 4.32. The van der Waals surface area contributed by atoms with Crippen molar-refractivity contribution < 1.29 is 15.0 Å². The topological polar surface area (TPSA) is 57.5 Å². The highest BCUT2D eigenvalue weighted by Gasteiger charge is 2.49. The van der Waals surface area contributed by atoms with Crippen LogP contribution < -0.4 is 0 Å². The van der Waals surface area contributed by atoms with Crippen LogP contribution in [0, 0.1) is 23.7 Å². The van der Waals surface area contributed by atoms with E-state index in [0.717, 1.165) is 6.42 Å². The number of allylic oxidation sites excluding steroid dienone is 1. The summed E-state index contributed by atoms with van der Waals surface area (Å²) in [4.78, 5) is 12.0. The average molecular weight is 290 g/mol. The van der Waals surface area contributed by atoms with Crippen LogP contribution in [-0.2, 0) is 4.79 Å². The van der Waals surface area contributed by atoms with E-state index in [1.807, 2.05) is 12.2 Å². The molecule has 5 atom stereocenters. The van der Waals surface area contributed by atoms with Gasteiger partial charge in [0, 0.05) is 11.8 Å². The van der Waals surface area contributed by atoms with E-state index in [1.165, 1.54) is 25.7 Å². The molecule has 116 valence electrons. The van der Waals surface area contributed by atoms with Gasteiger partial charge in [0.1, 0.15) is 0 Å². The second-order valence-electron chi connectivity index (χ2n) is 7.16. The minimum atomic E-state index is -0.452. The molecule has 0 aromatic rings. The first kappa shape index (κ1) is 15.0. The Labute approximate surface area is 126 Å². The number of carbonyl (C=O) groups is 1. The molecule has 3 heteroatoms. The van der Waals surface area contributed by atoms with Crippen LogP contribution in [0.1, 0.15) is 44.9 Å². The molecule has 0 aromatic carbocycles. The van der Waals surface area contributed by atoms with E-state index in [1.54, 1.807) is 0 Å². The third kappa shape index (κ3) is 3.00. The number of fused-ring (bicyclic) bond motifs is 1. The summed E-state index contributed by atoms with van der Waals surface area (Å²) in [7, 11) is 0. The maximum Gasteiger partial charge on any atom is 0.161 e. The molecule has 0 bridgehead atoms. The highest BCUT2D eigenvalue weighted by atomic mass is 16.3. The smallest absolute Gasteiger partial charge is 0.161 e. The summed E-state index contributed by atoms with van der Waals surface area (Å²) in [6.07, 6.45) is 10.1. The number of aliphatic hydroxyl groups excluding tert-OH is 2. The first-order chi connectivity index (χ1) is 10.1. The van der Waals surface area contributed by atoms with E-state index >= 15 is 0 Å². The Bertz CT molecular complexity index is 447. The van der Waals surface area contributed by atoms with Crippen molar-refractivity contribution in [2.24, 2.45) is 23.7 Å². The van der Waals surface area contributed by atoms with Gasteiger partial charge in [0.15, 0.2) is 5.78 Å². The second-order valence-corrected chi connectivity index (χ2v) is 7.16. The summed E-state index contributed by atoms with van der Waals surface area (Å²) in [6, 6.07) is 0. The lowest BCUT2D eigenvalue weighted by molar-refractivity contribution is -0.118. The van der Waals surface area contributed by atoms with Gasteiger partial charge in [0.25, 0.3) is 0 Å². The van der Waals surface area contributed by atoms with Crippen molar-refractivity contribution >= 4 is 5.78 Å². The predicted octanol–water partition coefficient (Wildman–Crippen LogP) is 2.63. The van der Waals surface area contributed by atoms with Gasteiger partial charge in [-0.2, -0.15) is 0 Å². The quantitative estimate of drug-likeness (QED) is 0.618. The minimum absolute atomic E-state index is 0.00331. The average Bonchev–Trinajstić information content (AvgIpc) is 3.10. The van der Waals surface area contributed by atoms with Crippen molar-refractivity contribution in [1.82, 2.24) is 0 Å². The van der Waals surface area contributed by atoms with Crippen LogP contribution in [0.4, 0.5) is 0 Å². The van der Waals surface area contributed by atoms with Crippen molar-refractivity contribution in [3.05, 3.63) is 24.3 Å². The summed E-state index contributed by atoms with van der Waals surface area (Å²) >= 11 is 0. The standard InChI is InChI=1S/C18H26O3/c1-11-8-15-14(17(20)10-16(15)18(11)21)7-6-13(19)9-12-4-2-3-5-12/h6-7,12-17,19-20H,1-5,8-10H2/b7-6+/t13-,14+,15+,16+,17-/m1/s1. The van der Waals surface area contributed by atoms with E-state index in [2.05, 4.69) is 6.58 Å². The number of hydrogen-bond donors (Lipinski definition) is 2. The molecular formula is C18H26O3. The van der Waals surface area contributed by atoms with Crippen molar-refractivity contribution in [3.63, 3.8) is 0 Å². The van der Waals surface area contributed by atoms with Crippen LogP contribution in [0.5, 0.6) is 0 Å². The molecule has 3 saturated carbocycles. The van der Waals surface area contributed by atoms with Gasteiger partial charge >= 0.3 is 0 Å². The fraction of sp³-hybridized carbons (Fsp3) is 0.722. The van der Waals surface area contributed by atoms with Crippen LogP contribution in [0.25, 0.3) is 0 Å². The molecule has 0 aromatic heterocycles. The number of ketones is 1. The first-order valence-electron chi connectivity index (χ1n) is 8.32. The van der Waals surface area contributed by atoms with Gasteiger partial charge in [0.2, 0.25) is 0 Å². The van der Waals surface area contributed by atoms with Crippen molar-refractivity contribution in [1.29, 1.82) is 0 Å². The zero-order valence-electron chi connectivity index (χ0n) is 12.6. The van der Waals surface area contributed by atoms with Crippen LogP contribution in [0.15, 0.2) is 24.3 Å². The Hall–Kier alpha value is -0.930. The molecule has 3 rings (SSSR count). The Balaban J connectivity index is 1.59. The zero-order chi connectivity index (χ0) is 15.0. The maximum absolute atomic E-state index is 12.0. The van der Waals surface area contributed by atoms with Crippen LogP contribution in [0.2, 0.25) is 0 Å². The highest BCUT2D eigenvalue weighted by molar-refractivity contribution is 5.99. The third-order valence-electron chi connectivity index (χ3n) is 5.72. The van der Waals surface area contributed by atoms with Gasteiger partial charge in [-0.05, 0) is 36.7 Å². The molecule has 0 heterocycles. The van der Waals surface area contributed by atoms with E-state index in [4.69, 9.17) is 0 Å². The lowest BCUT2D eigenvalue weighted by atomic mass is 9.90. The monoisotopic (exact) mass is 290 g/mol. The Morgan fingerprint density at radius 3 is 2.76 bits per heavy atom. The number of Topliss-reactive ketones (excluding diaryl/α,β-unsaturated/α-hetero) is 1. The molecule has 3 aliphatic carbocycles. The van der Waals surface area contributed by atoms with E-state index in [-0.39, 0.29) is 23.5 Å². The molecule has 0 radical (unpaired) electrons. The summed E-state index contributed by atoms with van der Waals surface area (Å²) in [5.74, 6) is 0.931. The Morgan fingerprint density at radius 1 is 1.33 bits per heavy atom. The summed E-state index contributed by atoms with van der Waals surface area (Å²) in [6.45, 7) is 3.84. The van der Waals surface area contributed by atoms with E-state index in [0.29, 0.717) is 24.3 Å². The van der Waals surface area contributed by atoms with Crippen molar-refractivity contribution in [3.8, 4) is 0 Å². The first-order valence-corrected chi connectivity index (χ1v) is 8.32. The lowest BCUT2D eigenvalue weighted by Crippen LogP contribution is -2.18. The normalized spacial score (nSPS) is 38.6. The number of rotatable bonds is 4. The molecular weight excluding hydrogens is 264 g/mol. The number of hydrogen-bond acceptors (Lipinski definition) is 3. The molecule has 21 heavy (non-hydrogen) atoms. The van der Waals surface area contributed by atoms with Crippen LogP contribution >= 0.6 is 0 Å². The van der Waals surface area contributed by atoms with Gasteiger partial charge in [0.05, 0.1) is 12.2 Å². The fourth-order valence-corrected chi connectivity index (χ4v) is 4.57. The second kappa shape index (κ2) is 6.05. The van der Waals surface area contributed by atoms with E-state index < -0.39 is 12.2 Å². The molecule has 3 nitrogen and oxygen atoms in total. The van der Waals surface area contributed by atoms with Gasteiger partial charge in [-0.15, -0.1) is 0 Å². The summed E-state index contributed by atoms with van der Waals surface area (Å²) in [5, 5.41) is 20.3. The minimum Gasteiger partial charge on any atom is -0.392 e. The molecule has 3 aliphatic rings. The van der Waals surface area contributed by atoms with Crippen LogP contribution in [-0.4, -0.2) is 28.2 Å². The number of carbonyl (C=O) groups excluding carboxylic acids is 1. The summed E-state index contributed by atoms with van der Waals surface area (Å²) in [5.41, 5.74) is 0.710. The molecule has 3 fully saturated rings. The highest BCUT2D eigenvalue weighted by Crippen LogP contribution is 2.48. The van der Waals surface area contributed by atoms with Gasteiger partial charge in [-0.3, -0.25) is 4.79 Å². The molecule has 0 amide bonds. The van der Waals surface area contributed by atoms with Crippen molar-refractivity contribution in [2.45, 2.75) is 57.2 Å². The van der Waals surface area contributed by atoms with Gasteiger partial charge < -0.3 is 10.2 Å². The zero-order valence-corrected chi connectivity index (χ0v) is 12.6. The molecule has 0 unspecified atom stereocenters. The molecule has 0 spiro atoms. The largest absolute Gasteiger partial charge is 0.392 e. The van der Waals surface area contributed by atoms with Gasteiger partial charge in [-0.25, -0.2) is 0 Å². The SMILES string of the molecule is C=C1C[C@H]2[C@H](/C=C/[C@@H](O)CC3CCCC3)[C@H](O)C[C@@H]2C1=O. The summed E-state index contributed by atoms with van der Waals surface area (Å²) < 4.78 is 0. The third-order valence-corrected chi connectivity index (χ3v) is 5.72. The molecule has 0 aliphatic heterocycles. The van der Waals surface area contributed by atoms with Crippen LogP contribution in [0.3, 0.4) is 0 Å². The lowest BCUT2D eigenvalue weighted by Gasteiger charge is -2.18. The molecule has 0 saturated heterocycles. The van der Waals surface area contributed by atoms with Crippen molar-refractivity contribution in [2.75, 3.05) is 0 Å². The van der Waals surface area contributed by atoms with E-state index in [9.17, 15) is 15.0 Å². The fourth-order valence-electron chi connectivity index (χ4n) is 4.57. The maximum atomic E-state index is 12.0. The predicted molar refractivity (Wildman–Crippen MR) is 81.6 cm³/mol.